The standard InChI is InChI=1S/C9H6ClF3N2/c10-3-1-2-6-4-7(9(11,12)13)8(14)15-5-6/h4-5H,3H2,(H2,14,15). The van der Waals surface area contributed by atoms with Crippen LogP contribution in [0.1, 0.15) is 11.1 Å². The Balaban J connectivity index is 3.17. The number of halogens is 4. The highest BCUT2D eigenvalue weighted by atomic mass is 35.5. The molecule has 80 valence electrons. The zero-order chi connectivity index (χ0) is 11.5. The number of alkyl halides is 4. The number of nitrogens with zero attached hydrogens (tertiary/aromatic N) is 1. The van der Waals surface area contributed by atoms with Crippen LogP contribution in [0, 0.1) is 11.8 Å². The average molecular weight is 235 g/mol. The van der Waals surface area contributed by atoms with Gasteiger partial charge in [-0.3, -0.25) is 0 Å². The summed E-state index contributed by atoms with van der Waals surface area (Å²) < 4.78 is 37.1. The SMILES string of the molecule is Nc1ncc(C#CCCl)cc1C(F)(F)F. The van der Waals surface area contributed by atoms with E-state index in [-0.39, 0.29) is 11.4 Å². The minimum absolute atomic E-state index is 0.0473. The summed E-state index contributed by atoms with van der Waals surface area (Å²) in [5.74, 6) is 4.35. The molecule has 0 bridgehead atoms. The highest BCUT2D eigenvalue weighted by molar-refractivity contribution is 6.19. The summed E-state index contributed by atoms with van der Waals surface area (Å²) in [5, 5.41) is 0. The molecule has 6 heteroatoms. The van der Waals surface area contributed by atoms with E-state index in [1.807, 2.05) is 0 Å². The largest absolute Gasteiger partial charge is 0.419 e. The van der Waals surface area contributed by atoms with Gasteiger partial charge in [-0.05, 0) is 6.07 Å². The third-order valence-electron chi connectivity index (χ3n) is 1.52. The smallest absolute Gasteiger partial charge is 0.383 e. The van der Waals surface area contributed by atoms with E-state index in [9.17, 15) is 13.2 Å². The van der Waals surface area contributed by atoms with Gasteiger partial charge < -0.3 is 5.73 Å². The van der Waals surface area contributed by atoms with Crippen LogP contribution in [-0.2, 0) is 6.18 Å². The van der Waals surface area contributed by atoms with Crippen LogP contribution in [0.4, 0.5) is 19.0 Å². The van der Waals surface area contributed by atoms with Gasteiger partial charge in [0.05, 0.1) is 11.4 Å². The molecule has 0 aliphatic heterocycles. The summed E-state index contributed by atoms with van der Waals surface area (Å²) in [6.07, 6.45) is -3.35. The molecular formula is C9H6ClF3N2. The summed E-state index contributed by atoms with van der Waals surface area (Å²) in [6.45, 7) is 0. The quantitative estimate of drug-likeness (QED) is 0.553. The van der Waals surface area contributed by atoms with Crippen LogP contribution in [-0.4, -0.2) is 10.9 Å². The fraction of sp³-hybridized carbons (Fsp3) is 0.222. The van der Waals surface area contributed by atoms with Gasteiger partial charge in [0.15, 0.2) is 0 Å². The van der Waals surface area contributed by atoms with Crippen LogP contribution in [0.25, 0.3) is 0 Å². The number of aromatic nitrogens is 1. The van der Waals surface area contributed by atoms with E-state index in [2.05, 4.69) is 16.8 Å². The summed E-state index contributed by atoms with van der Waals surface area (Å²) in [4.78, 5) is 3.41. The lowest BCUT2D eigenvalue weighted by molar-refractivity contribution is -0.137. The van der Waals surface area contributed by atoms with Crippen molar-refractivity contribution in [3.63, 3.8) is 0 Å². The molecule has 0 spiro atoms. The second-order valence-electron chi connectivity index (χ2n) is 2.59. The zero-order valence-electron chi connectivity index (χ0n) is 7.40. The molecule has 1 aromatic rings. The molecule has 15 heavy (non-hydrogen) atoms. The maximum Gasteiger partial charge on any atom is 0.419 e. The molecule has 0 aliphatic rings. The Labute approximate surface area is 89.2 Å². The van der Waals surface area contributed by atoms with Crippen molar-refractivity contribution in [2.24, 2.45) is 0 Å². The predicted molar refractivity (Wildman–Crippen MR) is 51.2 cm³/mol. The van der Waals surface area contributed by atoms with E-state index >= 15 is 0 Å². The van der Waals surface area contributed by atoms with Crippen molar-refractivity contribution >= 4 is 17.4 Å². The van der Waals surface area contributed by atoms with Gasteiger partial charge in [0.1, 0.15) is 5.82 Å². The van der Waals surface area contributed by atoms with E-state index in [4.69, 9.17) is 17.3 Å². The van der Waals surface area contributed by atoms with E-state index < -0.39 is 17.6 Å². The predicted octanol–water partition coefficient (Wildman–Crippen LogP) is 2.27. The molecule has 0 unspecified atom stereocenters. The van der Waals surface area contributed by atoms with Crippen molar-refractivity contribution in [3.8, 4) is 11.8 Å². The Kier molecular flexibility index (Phi) is 3.43. The molecule has 1 rings (SSSR count). The van der Waals surface area contributed by atoms with Crippen LogP contribution in [0.5, 0.6) is 0 Å². The lowest BCUT2D eigenvalue weighted by Gasteiger charge is -2.08. The third kappa shape index (κ3) is 3.03. The molecule has 2 N–H and O–H groups in total. The van der Waals surface area contributed by atoms with E-state index in [1.165, 1.54) is 6.20 Å². The van der Waals surface area contributed by atoms with Crippen LogP contribution in [0.15, 0.2) is 12.3 Å². The molecule has 0 saturated carbocycles. The van der Waals surface area contributed by atoms with Crippen molar-refractivity contribution in [1.82, 2.24) is 4.98 Å². The van der Waals surface area contributed by atoms with Crippen molar-refractivity contribution in [2.75, 3.05) is 11.6 Å². The van der Waals surface area contributed by atoms with Gasteiger partial charge in [-0.15, -0.1) is 11.6 Å². The zero-order valence-corrected chi connectivity index (χ0v) is 8.15. The Morgan fingerprint density at radius 3 is 2.67 bits per heavy atom. The van der Waals surface area contributed by atoms with Crippen LogP contribution in [0.3, 0.4) is 0 Å². The number of anilines is 1. The van der Waals surface area contributed by atoms with Crippen LogP contribution in [0.2, 0.25) is 0 Å². The van der Waals surface area contributed by atoms with Crippen molar-refractivity contribution in [3.05, 3.63) is 23.4 Å². The molecule has 0 atom stereocenters. The fourth-order valence-electron chi connectivity index (χ4n) is 0.906. The molecule has 0 aliphatic carbocycles. The minimum Gasteiger partial charge on any atom is -0.383 e. The first-order valence-electron chi connectivity index (χ1n) is 3.82. The van der Waals surface area contributed by atoms with Gasteiger partial charge in [0.25, 0.3) is 0 Å². The summed E-state index contributed by atoms with van der Waals surface area (Å²) in [5.41, 5.74) is 4.25. The fourth-order valence-corrected chi connectivity index (χ4v) is 0.973. The van der Waals surface area contributed by atoms with Gasteiger partial charge in [0.2, 0.25) is 0 Å². The van der Waals surface area contributed by atoms with Gasteiger partial charge in [0, 0.05) is 11.8 Å². The maximum atomic E-state index is 12.4. The van der Waals surface area contributed by atoms with Crippen molar-refractivity contribution in [1.29, 1.82) is 0 Å². The number of nitrogen functional groups attached to an aromatic ring is 1. The van der Waals surface area contributed by atoms with E-state index in [0.29, 0.717) is 0 Å². The number of nitrogens with two attached hydrogens (primary N) is 1. The first-order valence-corrected chi connectivity index (χ1v) is 4.36. The van der Waals surface area contributed by atoms with Gasteiger partial charge in [-0.25, -0.2) is 4.98 Å². The lowest BCUT2D eigenvalue weighted by Crippen LogP contribution is -2.10. The van der Waals surface area contributed by atoms with Crippen LogP contribution >= 0.6 is 11.6 Å². The topological polar surface area (TPSA) is 38.9 Å². The van der Waals surface area contributed by atoms with Crippen LogP contribution < -0.4 is 5.73 Å². The Hall–Kier alpha value is -1.41. The minimum atomic E-state index is -4.52. The Morgan fingerprint density at radius 1 is 1.47 bits per heavy atom. The molecule has 0 fully saturated rings. The summed E-state index contributed by atoms with van der Waals surface area (Å²) in [6, 6.07) is 0.849. The second-order valence-corrected chi connectivity index (χ2v) is 2.86. The van der Waals surface area contributed by atoms with Gasteiger partial charge >= 0.3 is 6.18 Å². The normalized spacial score (nSPS) is 10.7. The number of hydrogen-bond acceptors (Lipinski definition) is 2. The molecular weight excluding hydrogens is 229 g/mol. The molecule has 0 amide bonds. The Morgan fingerprint density at radius 2 is 2.13 bits per heavy atom. The number of rotatable bonds is 0. The maximum absolute atomic E-state index is 12.4. The molecule has 0 saturated heterocycles. The first kappa shape index (κ1) is 11.7. The molecule has 0 radical (unpaired) electrons. The average Bonchev–Trinajstić information content (AvgIpc) is 2.15. The highest BCUT2D eigenvalue weighted by Crippen LogP contribution is 2.32. The van der Waals surface area contributed by atoms with E-state index in [0.717, 1.165) is 6.07 Å². The third-order valence-corrected chi connectivity index (χ3v) is 1.66. The monoisotopic (exact) mass is 234 g/mol. The summed E-state index contributed by atoms with van der Waals surface area (Å²) in [7, 11) is 0. The van der Waals surface area contributed by atoms with Gasteiger partial charge in [-0.2, -0.15) is 13.2 Å². The van der Waals surface area contributed by atoms with Crippen molar-refractivity contribution in [2.45, 2.75) is 6.18 Å². The number of hydrogen-bond donors (Lipinski definition) is 1. The second kappa shape index (κ2) is 4.41. The van der Waals surface area contributed by atoms with E-state index in [1.54, 1.807) is 0 Å². The molecule has 1 heterocycles. The molecule has 0 aromatic carbocycles. The molecule has 1 aromatic heterocycles. The number of pyridine rings is 1. The summed E-state index contributed by atoms with van der Waals surface area (Å²) >= 11 is 5.27. The van der Waals surface area contributed by atoms with Crippen molar-refractivity contribution < 1.29 is 13.2 Å². The first-order chi connectivity index (χ1) is 6.95. The molecule has 2 nitrogen and oxygen atoms in total. The highest BCUT2D eigenvalue weighted by Gasteiger charge is 2.33. The Bertz CT molecular complexity index is 418. The van der Waals surface area contributed by atoms with Gasteiger partial charge in [-0.1, -0.05) is 11.8 Å². The lowest BCUT2D eigenvalue weighted by atomic mass is 10.2.